The van der Waals surface area contributed by atoms with Gasteiger partial charge >= 0.3 is 0 Å². The average molecular weight is 247 g/mol. The molecule has 0 aliphatic carbocycles. The number of halogens is 1. The molecular formula is C11H19ClN2O2. The van der Waals surface area contributed by atoms with E-state index in [9.17, 15) is 5.11 Å². The first-order valence-electron chi connectivity index (χ1n) is 5.01. The van der Waals surface area contributed by atoms with E-state index in [1.807, 2.05) is 0 Å². The summed E-state index contributed by atoms with van der Waals surface area (Å²) in [6, 6.07) is 4.87. The molecule has 0 aromatic heterocycles. The Morgan fingerprint density at radius 3 is 2.69 bits per heavy atom. The Balaban J connectivity index is 0.00000225. The van der Waals surface area contributed by atoms with Crippen LogP contribution in [-0.4, -0.2) is 18.8 Å². The van der Waals surface area contributed by atoms with E-state index in [1.165, 1.54) is 0 Å². The summed E-state index contributed by atoms with van der Waals surface area (Å²) in [6.45, 7) is 0.610. The molecule has 0 amide bonds. The van der Waals surface area contributed by atoms with Crippen LogP contribution in [0.1, 0.15) is 24.4 Å². The maximum atomic E-state index is 9.63. The molecule has 1 atom stereocenters. The van der Waals surface area contributed by atoms with E-state index in [1.54, 1.807) is 25.3 Å². The molecule has 5 N–H and O–H groups in total. The van der Waals surface area contributed by atoms with E-state index < -0.39 is 0 Å². The predicted octanol–water partition coefficient (Wildman–Crippen LogP) is 1.56. The molecule has 0 radical (unpaired) electrons. The predicted molar refractivity (Wildman–Crippen MR) is 67.1 cm³/mol. The average Bonchev–Trinajstić information content (AvgIpc) is 2.26. The summed E-state index contributed by atoms with van der Waals surface area (Å²) in [4.78, 5) is 0. The van der Waals surface area contributed by atoms with Crippen molar-refractivity contribution in [3.05, 3.63) is 23.8 Å². The molecule has 0 unspecified atom stereocenters. The Bertz CT molecular complexity index is 321. The van der Waals surface area contributed by atoms with Crippen molar-refractivity contribution < 1.29 is 9.84 Å². The van der Waals surface area contributed by atoms with Gasteiger partial charge in [-0.05, 0) is 37.6 Å². The quantitative estimate of drug-likeness (QED) is 0.737. The summed E-state index contributed by atoms with van der Waals surface area (Å²) in [7, 11) is 1.58. The van der Waals surface area contributed by atoms with Crippen LogP contribution in [0.3, 0.4) is 0 Å². The molecular weight excluding hydrogens is 228 g/mol. The molecule has 0 heterocycles. The molecule has 1 aromatic carbocycles. The summed E-state index contributed by atoms with van der Waals surface area (Å²) in [5.74, 6) is 0.909. The second kappa shape index (κ2) is 7.33. The van der Waals surface area contributed by atoms with Gasteiger partial charge < -0.3 is 21.3 Å². The second-order valence-corrected chi connectivity index (χ2v) is 3.46. The Labute approximate surface area is 102 Å². The first kappa shape index (κ1) is 15.0. The molecule has 0 fully saturated rings. The third-order valence-corrected chi connectivity index (χ3v) is 2.35. The largest absolute Gasteiger partial charge is 0.508 e. The third kappa shape index (κ3) is 3.89. The van der Waals surface area contributed by atoms with Gasteiger partial charge in [0.15, 0.2) is 0 Å². The minimum Gasteiger partial charge on any atom is -0.508 e. The summed E-state index contributed by atoms with van der Waals surface area (Å²) < 4.78 is 5.07. The van der Waals surface area contributed by atoms with Crippen LogP contribution in [0.15, 0.2) is 18.2 Å². The van der Waals surface area contributed by atoms with Gasteiger partial charge in [-0.2, -0.15) is 0 Å². The number of methoxy groups -OCH3 is 1. The number of phenols is 1. The van der Waals surface area contributed by atoms with Crippen LogP contribution in [0, 0.1) is 0 Å². The molecule has 0 spiro atoms. The molecule has 0 aliphatic rings. The highest BCUT2D eigenvalue weighted by atomic mass is 35.5. The maximum absolute atomic E-state index is 9.63. The molecule has 1 rings (SSSR count). The van der Waals surface area contributed by atoms with Crippen molar-refractivity contribution in [2.24, 2.45) is 11.5 Å². The van der Waals surface area contributed by atoms with Crippen molar-refractivity contribution in [2.45, 2.75) is 18.9 Å². The maximum Gasteiger partial charge on any atom is 0.120 e. The van der Waals surface area contributed by atoms with Crippen molar-refractivity contribution in [1.29, 1.82) is 0 Å². The van der Waals surface area contributed by atoms with Crippen LogP contribution in [0.5, 0.6) is 11.5 Å². The zero-order valence-electron chi connectivity index (χ0n) is 9.35. The van der Waals surface area contributed by atoms with Crippen LogP contribution in [0.4, 0.5) is 0 Å². The van der Waals surface area contributed by atoms with Crippen LogP contribution < -0.4 is 16.2 Å². The number of aromatic hydroxyl groups is 1. The molecule has 1 aromatic rings. The molecule has 92 valence electrons. The lowest BCUT2D eigenvalue weighted by Crippen LogP contribution is -2.12. The normalized spacial score (nSPS) is 11.7. The van der Waals surface area contributed by atoms with E-state index in [0.29, 0.717) is 17.9 Å². The number of phenolic OH excluding ortho intramolecular Hbond substituents is 1. The van der Waals surface area contributed by atoms with Crippen molar-refractivity contribution in [3.8, 4) is 11.5 Å². The molecule has 5 heteroatoms. The number of nitrogens with two attached hydrogens (primary N) is 2. The number of ether oxygens (including phenoxy) is 1. The standard InChI is InChI=1S/C11H18N2O2.ClH/c1-15-8-4-5-11(14)9(7-8)10(13)3-2-6-12;/h4-5,7,10,14H,2-3,6,12-13H2,1H3;1H/t10-;/m0./s1. The second-order valence-electron chi connectivity index (χ2n) is 3.46. The highest BCUT2D eigenvalue weighted by Gasteiger charge is 2.11. The first-order valence-corrected chi connectivity index (χ1v) is 5.01. The van der Waals surface area contributed by atoms with Gasteiger partial charge in [0.25, 0.3) is 0 Å². The van der Waals surface area contributed by atoms with Gasteiger partial charge in [0.2, 0.25) is 0 Å². The van der Waals surface area contributed by atoms with E-state index >= 15 is 0 Å². The van der Waals surface area contributed by atoms with Crippen molar-refractivity contribution in [3.63, 3.8) is 0 Å². The zero-order chi connectivity index (χ0) is 11.3. The molecule has 0 bridgehead atoms. The Morgan fingerprint density at radius 1 is 1.44 bits per heavy atom. The van der Waals surface area contributed by atoms with Crippen LogP contribution in [-0.2, 0) is 0 Å². The SMILES string of the molecule is COc1ccc(O)c([C@@H](N)CCCN)c1.Cl. The van der Waals surface area contributed by atoms with E-state index in [-0.39, 0.29) is 24.2 Å². The zero-order valence-corrected chi connectivity index (χ0v) is 10.2. The monoisotopic (exact) mass is 246 g/mol. The fourth-order valence-electron chi connectivity index (χ4n) is 1.45. The fraction of sp³-hybridized carbons (Fsp3) is 0.455. The smallest absolute Gasteiger partial charge is 0.120 e. The minimum atomic E-state index is -0.191. The number of hydrogen-bond donors (Lipinski definition) is 3. The van der Waals surface area contributed by atoms with Gasteiger partial charge in [0.1, 0.15) is 11.5 Å². The summed E-state index contributed by atoms with van der Waals surface area (Å²) in [5, 5.41) is 9.63. The van der Waals surface area contributed by atoms with E-state index in [4.69, 9.17) is 16.2 Å². The van der Waals surface area contributed by atoms with Crippen molar-refractivity contribution >= 4 is 12.4 Å². The van der Waals surface area contributed by atoms with Gasteiger partial charge in [0, 0.05) is 11.6 Å². The number of rotatable bonds is 5. The minimum absolute atomic E-state index is 0. The lowest BCUT2D eigenvalue weighted by atomic mass is 10.0. The number of benzene rings is 1. The lowest BCUT2D eigenvalue weighted by Gasteiger charge is -2.14. The van der Waals surface area contributed by atoms with Gasteiger partial charge in [-0.3, -0.25) is 0 Å². The Morgan fingerprint density at radius 2 is 2.12 bits per heavy atom. The Hall–Kier alpha value is -0.970. The van der Waals surface area contributed by atoms with Crippen LogP contribution in [0.2, 0.25) is 0 Å². The number of hydrogen-bond acceptors (Lipinski definition) is 4. The van der Waals surface area contributed by atoms with Gasteiger partial charge in [-0.25, -0.2) is 0 Å². The van der Waals surface area contributed by atoms with Gasteiger partial charge in [-0.15, -0.1) is 12.4 Å². The molecule has 0 saturated carbocycles. The molecule has 0 aliphatic heterocycles. The van der Waals surface area contributed by atoms with Crippen LogP contribution >= 0.6 is 12.4 Å². The Kier molecular flexibility index (Phi) is 6.88. The van der Waals surface area contributed by atoms with Crippen LogP contribution in [0.25, 0.3) is 0 Å². The van der Waals surface area contributed by atoms with E-state index in [2.05, 4.69) is 0 Å². The highest BCUT2D eigenvalue weighted by Crippen LogP contribution is 2.29. The van der Waals surface area contributed by atoms with Crippen molar-refractivity contribution in [1.82, 2.24) is 0 Å². The van der Waals surface area contributed by atoms with Gasteiger partial charge in [-0.1, -0.05) is 0 Å². The summed E-state index contributed by atoms with van der Waals surface area (Å²) >= 11 is 0. The fourth-order valence-corrected chi connectivity index (χ4v) is 1.45. The summed E-state index contributed by atoms with van der Waals surface area (Å²) in [5.41, 5.74) is 12.1. The third-order valence-electron chi connectivity index (χ3n) is 2.35. The van der Waals surface area contributed by atoms with Crippen molar-refractivity contribution in [2.75, 3.05) is 13.7 Å². The topological polar surface area (TPSA) is 81.5 Å². The van der Waals surface area contributed by atoms with E-state index in [0.717, 1.165) is 12.8 Å². The highest BCUT2D eigenvalue weighted by molar-refractivity contribution is 5.85. The molecule has 16 heavy (non-hydrogen) atoms. The lowest BCUT2D eigenvalue weighted by molar-refractivity contribution is 0.408. The summed E-state index contributed by atoms with van der Waals surface area (Å²) in [6.07, 6.45) is 1.61. The van der Waals surface area contributed by atoms with Gasteiger partial charge in [0.05, 0.1) is 7.11 Å². The first-order chi connectivity index (χ1) is 7.19. The molecule has 4 nitrogen and oxygen atoms in total. The molecule has 0 saturated heterocycles.